The minimum Gasteiger partial charge on any atom is -0.461 e. The zero-order chi connectivity index (χ0) is 19.4. The molecule has 0 unspecified atom stereocenters. The van der Waals surface area contributed by atoms with Gasteiger partial charge in [-0.1, -0.05) is 70.8 Å². The predicted octanol–water partition coefficient (Wildman–Crippen LogP) is 6.95. The quantitative estimate of drug-likeness (QED) is 0.200. The molecule has 1 aromatic heterocycles. The molecule has 27 heavy (non-hydrogen) atoms. The predicted molar refractivity (Wildman–Crippen MR) is 117 cm³/mol. The van der Waals surface area contributed by atoms with Crippen LogP contribution < -0.4 is 0 Å². The number of hydrogen-bond acceptors (Lipinski definition) is 4. The normalized spacial score (nSPS) is 10.9. The van der Waals surface area contributed by atoms with E-state index in [9.17, 15) is 4.79 Å². The highest BCUT2D eigenvalue weighted by Gasteiger charge is 2.03. The second-order valence-electron chi connectivity index (χ2n) is 7.27. The maximum atomic E-state index is 11.7. The van der Waals surface area contributed by atoms with E-state index in [4.69, 9.17) is 4.74 Å². The Balaban J connectivity index is 1.77. The number of thioether (sulfide) groups is 1. The molecule has 0 bridgehead atoms. The molecule has 0 atom stereocenters. The smallest absolute Gasteiger partial charge is 0.306 e. The van der Waals surface area contributed by atoms with Crippen molar-refractivity contribution in [2.75, 3.05) is 11.5 Å². The van der Waals surface area contributed by atoms with Gasteiger partial charge in [0.2, 0.25) is 0 Å². The van der Waals surface area contributed by atoms with E-state index in [0.29, 0.717) is 13.0 Å². The van der Waals surface area contributed by atoms with Gasteiger partial charge in [-0.15, -0.1) is 0 Å². The number of nitrogens with zero attached hydrogens (tertiary/aromatic N) is 1. The first-order valence-corrected chi connectivity index (χ1v) is 12.1. The molecule has 0 saturated heterocycles. The number of hydrogen-bond donors (Lipinski definition) is 0. The molecule has 0 aliphatic rings. The van der Waals surface area contributed by atoms with Gasteiger partial charge in [-0.05, 0) is 36.8 Å². The topological polar surface area (TPSA) is 39.2 Å². The number of esters is 1. The Labute approximate surface area is 171 Å². The summed E-state index contributed by atoms with van der Waals surface area (Å²) < 4.78 is 5.26. The number of ether oxygens (including phenoxy) is 1. The van der Waals surface area contributed by atoms with Crippen LogP contribution in [0.25, 0.3) is 0 Å². The average Bonchev–Trinajstić information content (AvgIpc) is 2.70. The van der Waals surface area contributed by atoms with Gasteiger partial charge < -0.3 is 4.74 Å². The molecule has 0 fully saturated rings. The largest absolute Gasteiger partial charge is 0.461 e. The van der Waals surface area contributed by atoms with Gasteiger partial charge in [0.15, 0.2) is 0 Å². The van der Waals surface area contributed by atoms with Crippen LogP contribution in [-0.2, 0) is 16.1 Å². The third-order valence-corrected chi connectivity index (χ3v) is 5.84. The number of rotatable bonds is 18. The summed E-state index contributed by atoms with van der Waals surface area (Å²) in [6.45, 7) is 2.61. The molecule has 4 heteroatoms. The molecule has 0 N–H and O–H groups in total. The highest BCUT2D eigenvalue weighted by atomic mass is 32.2. The van der Waals surface area contributed by atoms with Crippen LogP contribution in [0.1, 0.15) is 96.0 Å². The van der Waals surface area contributed by atoms with Gasteiger partial charge in [-0.25, -0.2) is 0 Å². The van der Waals surface area contributed by atoms with Crippen molar-refractivity contribution in [3.05, 3.63) is 30.1 Å². The molecule has 0 spiro atoms. The van der Waals surface area contributed by atoms with E-state index < -0.39 is 0 Å². The van der Waals surface area contributed by atoms with Gasteiger partial charge in [-0.3, -0.25) is 9.78 Å². The van der Waals surface area contributed by atoms with Crippen molar-refractivity contribution in [3.63, 3.8) is 0 Å². The van der Waals surface area contributed by atoms with Gasteiger partial charge in [0.1, 0.15) is 6.61 Å². The lowest BCUT2D eigenvalue weighted by Gasteiger charge is -2.05. The van der Waals surface area contributed by atoms with E-state index in [0.717, 1.165) is 18.4 Å². The van der Waals surface area contributed by atoms with Crippen LogP contribution in [-0.4, -0.2) is 22.5 Å². The van der Waals surface area contributed by atoms with Gasteiger partial charge in [0.05, 0.1) is 0 Å². The third-order valence-electron chi connectivity index (χ3n) is 4.68. The minimum atomic E-state index is -0.0945. The molecule has 1 aromatic rings. The van der Waals surface area contributed by atoms with Gasteiger partial charge in [0, 0.05) is 24.4 Å². The molecule has 1 heterocycles. The fourth-order valence-corrected chi connectivity index (χ4v) is 4.01. The zero-order valence-electron chi connectivity index (χ0n) is 17.3. The highest BCUT2D eigenvalue weighted by Crippen LogP contribution is 2.13. The Bertz CT molecular complexity index is 453. The van der Waals surface area contributed by atoms with E-state index in [1.807, 2.05) is 12.1 Å². The van der Waals surface area contributed by atoms with E-state index in [-0.39, 0.29) is 5.97 Å². The van der Waals surface area contributed by atoms with Crippen LogP contribution in [0.5, 0.6) is 0 Å². The van der Waals surface area contributed by atoms with Crippen molar-refractivity contribution in [3.8, 4) is 0 Å². The Kier molecular flexibility index (Phi) is 16.3. The van der Waals surface area contributed by atoms with E-state index in [1.165, 1.54) is 75.7 Å². The number of aromatic nitrogens is 1. The molecular formula is C23H39NO2S. The molecule has 1 rings (SSSR count). The van der Waals surface area contributed by atoms with Crippen molar-refractivity contribution in [2.45, 2.75) is 97.0 Å². The summed E-state index contributed by atoms with van der Waals surface area (Å²) in [5.41, 5.74) is 0.944. The lowest BCUT2D eigenvalue weighted by atomic mass is 10.1. The first-order valence-electron chi connectivity index (χ1n) is 10.9. The van der Waals surface area contributed by atoms with Crippen molar-refractivity contribution in [1.29, 1.82) is 0 Å². The minimum absolute atomic E-state index is 0.0945. The summed E-state index contributed by atoms with van der Waals surface area (Å²) in [6.07, 6.45) is 19.8. The molecule has 154 valence electrons. The lowest BCUT2D eigenvalue weighted by Crippen LogP contribution is -2.04. The van der Waals surface area contributed by atoms with E-state index in [2.05, 4.69) is 23.7 Å². The van der Waals surface area contributed by atoms with Crippen molar-refractivity contribution in [2.24, 2.45) is 0 Å². The fraction of sp³-hybridized carbons (Fsp3) is 0.739. The number of unbranched alkanes of at least 4 members (excludes halogenated alkanes) is 10. The van der Waals surface area contributed by atoms with Crippen LogP contribution in [0.4, 0.5) is 0 Å². The summed E-state index contributed by atoms with van der Waals surface area (Å²) >= 11 is 2.10. The van der Waals surface area contributed by atoms with Gasteiger partial charge in [0.25, 0.3) is 0 Å². The molecule has 3 nitrogen and oxygen atoms in total. The Hall–Kier alpha value is -1.03. The van der Waals surface area contributed by atoms with Crippen molar-refractivity contribution in [1.82, 2.24) is 4.98 Å². The summed E-state index contributed by atoms with van der Waals surface area (Å²) in [4.78, 5) is 15.7. The number of pyridine rings is 1. The summed E-state index contributed by atoms with van der Waals surface area (Å²) in [5, 5.41) is 0. The standard InChI is InChI=1S/C23H39NO2S/c1-2-3-4-5-6-7-9-12-18-27-19-13-10-8-11-16-23(25)26-21-22-15-14-17-24-20-22/h14-15,17,20H,2-13,16,18-19,21H2,1H3. The van der Waals surface area contributed by atoms with Crippen LogP contribution in [0, 0.1) is 0 Å². The maximum absolute atomic E-state index is 11.7. The van der Waals surface area contributed by atoms with Gasteiger partial charge >= 0.3 is 5.97 Å². The summed E-state index contributed by atoms with van der Waals surface area (Å²) in [6, 6.07) is 3.78. The molecule has 0 amide bonds. The Morgan fingerprint density at radius 2 is 1.56 bits per heavy atom. The Morgan fingerprint density at radius 1 is 0.926 bits per heavy atom. The van der Waals surface area contributed by atoms with Crippen molar-refractivity contribution < 1.29 is 9.53 Å². The van der Waals surface area contributed by atoms with E-state index >= 15 is 0 Å². The van der Waals surface area contributed by atoms with Gasteiger partial charge in [-0.2, -0.15) is 11.8 Å². The molecule has 0 aliphatic carbocycles. The summed E-state index contributed by atoms with van der Waals surface area (Å²) in [7, 11) is 0. The fourth-order valence-electron chi connectivity index (χ4n) is 2.99. The highest BCUT2D eigenvalue weighted by molar-refractivity contribution is 7.99. The maximum Gasteiger partial charge on any atom is 0.306 e. The second kappa shape index (κ2) is 18.3. The van der Waals surface area contributed by atoms with Crippen LogP contribution >= 0.6 is 11.8 Å². The van der Waals surface area contributed by atoms with E-state index in [1.54, 1.807) is 12.4 Å². The first kappa shape index (κ1) is 24.0. The molecule has 0 aliphatic heterocycles. The second-order valence-corrected chi connectivity index (χ2v) is 8.50. The number of carbonyl (C=O) groups excluding carboxylic acids is 1. The van der Waals surface area contributed by atoms with Crippen LogP contribution in [0.15, 0.2) is 24.5 Å². The summed E-state index contributed by atoms with van der Waals surface area (Å²) in [5.74, 6) is 2.49. The van der Waals surface area contributed by atoms with Crippen LogP contribution in [0.2, 0.25) is 0 Å². The molecular weight excluding hydrogens is 354 g/mol. The molecule has 0 saturated carbocycles. The monoisotopic (exact) mass is 393 g/mol. The first-order chi connectivity index (χ1) is 13.3. The number of carbonyl (C=O) groups is 1. The van der Waals surface area contributed by atoms with Crippen LogP contribution in [0.3, 0.4) is 0 Å². The zero-order valence-corrected chi connectivity index (χ0v) is 18.1. The third kappa shape index (κ3) is 15.7. The lowest BCUT2D eigenvalue weighted by molar-refractivity contribution is -0.145. The molecule has 0 aromatic carbocycles. The van der Waals surface area contributed by atoms with Crippen molar-refractivity contribution >= 4 is 17.7 Å². The SMILES string of the molecule is CCCCCCCCCCSCCCCCCC(=O)OCc1cccnc1. The average molecular weight is 394 g/mol. The Morgan fingerprint density at radius 3 is 2.19 bits per heavy atom. The molecule has 0 radical (unpaired) electrons.